The maximum atomic E-state index is 13.0. The molecule has 1 aromatic carbocycles. The molecule has 2 rings (SSSR count). The first-order valence-electron chi connectivity index (χ1n) is 4.91. The van der Waals surface area contributed by atoms with Gasteiger partial charge in [0.1, 0.15) is 5.82 Å². The smallest absolute Gasteiger partial charge is 0.123 e. The minimum absolute atomic E-state index is 0.0804. The molecule has 1 fully saturated rings. The second-order valence-corrected chi connectivity index (χ2v) is 3.69. The Bertz CT molecular complexity index is 316. The van der Waals surface area contributed by atoms with E-state index < -0.39 is 0 Å². The third-order valence-corrected chi connectivity index (χ3v) is 2.82. The molecule has 2 atom stereocenters. The van der Waals surface area contributed by atoms with E-state index in [1.807, 2.05) is 6.07 Å². The van der Waals surface area contributed by atoms with Crippen molar-refractivity contribution in [3.63, 3.8) is 0 Å². The molecule has 0 radical (unpaired) electrons. The molecule has 2 nitrogen and oxygen atoms in total. The Balaban J connectivity index is 2.21. The lowest BCUT2D eigenvalue weighted by molar-refractivity contribution is 0.245. The average molecular weight is 195 g/mol. The molecule has 1 aliphatic heterocycles. The van der Waals surface area contributed by atoms with Crippen LogP contribution in [0.3, 0.4) is 0 Å². The monoisotopic (exact) mass is 195 g/mol. The lowest BCUT2D eigenvalue weighted by atomic mass is 9.92. The first-order chi connectivity index (χ1) is 6.81. The Morgan fingerprint density at radius 1 is 1.50 bits per heavy atom. The van der Waals surface area contributed by atoms with E-state index in [0.717, 1.165) is 18.5 Å². The van der Waals surface area contributed by atoms with Crippen LogP contribution in [-0.4, -0.2) is 24.3 Å². The van der Waals surface area contributed by atoms with Crippen LogP contribution < -0.4 is 5.32 Å². The Morgan fingerprint density at radius 2 is 2.36 bits per heavy atom. The van der Waals surface area contributed by atoms with Crippen LogP contribution in [0.1, 0.15) is 17.9 Å². The van der Waals surface area contributed by atoms with Crippen molar-refractivity contribution >= 4 is 0 Å². The van der Waals surface area contributed by atoms with E-state index in [1.165, 1.54) is 6.07 Å². The molecule has 3 heteroatoms. The van der Waals surface area contributed by atoms with E-state index in [2.05, 4.69) is 5.32 Å². The summed E-state index contributed by atoms with van der Waals surface area (Å²) in [5.41, 5.74) is 0.981. The SMILES string of the molecule is OC[C@@H]1NCC[C@H]1c1cccc(F)c1. The van der Waals surface area contributed by atoms with Gasteiger partial charge in [0.05, 0.1) is 6.61 Å². The number of nitrogens with one attached hydrogen (secondary N) is 1. The van der Waals surface area contributed by atoms with Crippen molar-refractivity contribution < 1.29 is 9.50 Å². The molecule has 1 aromatic rings. The minimum Gasteiger partial charge on any atom is -0.395 e. The lowest BCUT2D eigenvalue weighted by Crippen LogP contribution is -2.29. The molecule has 76 valence electrons. The van der Waals surface area contributed by atoms with Gasteiger partial charge in [-0.15, -0.1) is 0 Å². The van der Waals surface area contributed by atoms with E-state index in [9.17, 15) is 4.39 Å². The summed E-state index contributed by atoms with van der Waals surface area (Å²) < 4.78 is 13.0. The van der Waals surface area contributed by atoms with Crippen molar-refractivity contribution in [3.05, 3.63) is 35.6 Å². The van der Waals surface area contributed by atoms with Gasteiger partial charge in [0.25, 0.3) is 0 Å². The molecule has 0 aliphatic carbocycles. The fourth-order valence-electron chi connectivity index (χ4n) is 2.10. The van der Waals surface area contributed by atoms with Gasteiger partial charge in [-0.3, -0.25) is 0 Å². The molecular weight excluding hydrogens is 181 g/mol. The van der Waals surface area contributed by atoms with Crippen LogP contribution in [0.5, 0.6) is 0 Å². The number of benzene rings is 1. The van der Waals surface area contributed by atoms with Crippen LogP contribution in [0.4, 0.5) is 4.39 Å². The van der Waals surface area contributed by atoms with Gasteiger partial charge in [-0.25, -0.2) is 4.39 Å². The molecule has 0 unspecified atom stereocenters. The Hall–Kier alpha value is -0.930. The standard InChI is InChI=1S/C11H14FNO/c12-9-3-1-2-8(6-9)10-4-5-13-11(10)7-14/h1-3,6,10-11,13-14H,4-5,7H2/t10-,11-/m0/s1. The molecule has 0 amide bonds. The maximum absolute atomic E-state index is 13.0. The van der Waals surface area contributed by atoms with Gasteiger partial charge in [0.2, 0.25) is 0 Å². The van der Waals surface area contributed by atoms with Crippen LogP contribution in [0.15, 0.2) is 24.3 Å². The van der Waals surface area contributed by atoms with Crippen LogP contribution in [0.25, 0.3) is 0 Å². The van der Waals surface area contributed by atoms with Crippen molar-refractivity contribution in [2.75, 3.05) is 13.2 Å². The van der Waals surface area contributed by atoms with Gasteiger partial charge < -0.3 is 10.4 Å². The predicted molar refractivity (Wildman–Crippen MR) is 52.6 cm³/mol. The maximum Gasteiger partial charge on any atom is 0.123 e. The predicted octanol–water partition coefficient (Wildman–Crippen LogP) is 1.26. The van der Waals surface area contributed by atoms with Gasteiger partial charge in [0.15, 0.2) is 0 Å². The minimum atomic E-state index is -0.203. The molecular formula is C11H14FNO. The summed E-state index contributed by atoms with van der Waals surface area (Å²) in [5, 5.41) is 12.3. The van der Waals surface area contributed by atoms with Crippen LogP contribution >= 0.6 is 0 Å². The summed E-state index contributed by atoms with van der Waals surface area (Å²) in [6.45, 7) is 1.01. The summed E-state index contributed by atoms with van der Waals surface area (Å²) in [4.78, 5) is 0. The number of rotatable bonds is 2. The highest BCUT2D eigenvalue weighted by Gasteiger charge is 2.27. The number of aliphatic hydroxyl groups is 1. The molecule has 0 spiro atoms. The highest BCUT2D eigenvalue weighted by molar-refractivity contribution is 5.23. The summed E-state index contributed by atoms with van der Waals surface area (Å²) in [5.74, 6) is 0.0433. The molecule has 14 heavy (non-hydrogen) atoms. The lowest BCUT2D eigenvalue weighted by Gasteiger charge is -2.17. The zero-order valence-corrected chi connectivity index (χ0v) is 7.91. The molecule has 0 aromatic heterocycles. The number of aliphatic hydroxyl groups excluding tert-OH is 1. The molecule has 1 heterocycles. The number of hydrogen-bond acceptors (Lipinski definition) is 2. The van der Waals surface area contributed by atoms with Crippen LogP contribution in [0, 0.1) is 5.82 Å². The quantitative estimate of drug-likeness (QED) is 0.744. The first kappa shape index (κ1) is 9.62. The second kappa shape index (κ2) is 4.07. The largest absolute Gasteiger partial charge is 0.395 e. The summed E-state index contributed by atoms with van der Waals surface area (Å²) in [6, 6.07) is 6.72. The average Bonchev–Trinajstić information content (AvgIpc) is 2.65. The van der Waals surface area contributed by atoms with Crippen LogP contribution in [-0.2, 0) is 0 Å². The zero-order valence-electron chi connectivity index (χ0n) is 7.91. The Morgan fingerprint density at radius 3 is 3.07 bits per heavy atom. The summed E-state index contributed by atoms with van der Waals surface area (Å²) in [7, 11) is 0. The third-order valence-electron chi connectivity index (χ3n) is 2.82. The van der Waals surface area contributed by atoms with E-state index in [1.54, 1.807) is 12.1 Å². The number of hydrogen-bond donors (Lipinski definition) is 2. The van der Waals surface area contributed by atoms with E-state index in [4.69, 9.17) is 5.11 Å². The topological polar surface area (TPSA) is 32.3 Å². The fourth-order valence-corrected chi connectivity index (χ4v) is 2.10. The second-order valence-electron chi connectivity index (χ2n) is 3.69. The fraction of sp³-hybridized carbons (Fsp3) is 0.455. The first-order valence-corrected chi connectivity index (χ1v) is 4.91. The Labute approximate surface area is 82.8 Å². The van der Waals surface area contributed by atoms with E-state index >= 15 is 0 Å². The van der Waals surface area contributed by atoms with Gasteiger partial charge in [-0.2, -0.15) is 0 Å². The highest BCUT2D eigenvalue weighted by atomic mass is 19.1. The van der Waals surface area contributed by atoms with Crippen LogP contribution in [0.2, 0.25) is 0 Å². The number of halogens is 1. The highest BCUT2D eigenvalue weighted by Crippen LogP contribution is 2.27. The summed E-state index contributed by atoms with van der Waals surface area (Å²) >= 11 is 0. The van der Waals surface area contributed by atoms with Gasteiger partial charge in [0, 0.05) is 12.0 Å². The molecule has 1 saturated heterocycles. The van der Waals surface area contributed by atoms with Gasteiger partial charge in [-0.05, 0) is 30.7 Å². The summed E-state index contributed by atoms with van der Waals surface area (Å²) in [6.07, 6.45) is 0.967. The molecule has 2 N–H and O–H groups in total. The van der Waals surface area contributed by atoms with Crippen molar-refractivity contribution in [3.8, 4) is 0 Å². The zero-order chi connectivity index (χ0) is 9.97. The molecule has 0 bridgehead atoms. The van der Waals surface area contributed by atoms with Gasteiger partial charge in [-0.1, -0.05) is 12.1 Å². The van der Waals surface area contributed by atoms with Gasteiger partial charge >= 0.3 is 0 Å². The molecule has 0 saturated carbocycles. The van der Waals surface area contributed by atoms with Crippen molar-refractivity contribution in [1.82, 2.24) is 5.32 Å². The Kier molecular flexibility index (Phi) is 2.79. The van der Waals surface area contributed by atoms with Crippen molar-refractivity contribution in [1.29, 1.82) is 0 Å². The van der Waals surface area contributed by atoms with E-state index in [-0.39, 0.29) is 24.4 Å². The van der Waals surface area contributed by atoms with E-state index in [0.29, 0.717) is 0 Å². The third kappa shape index (κ3) is 1.79. The normalized spacial score (nSPS) is 26.7. The van der Waals surface area contributed by atoms with Crippen molar-refractivity contribution in [2.45, 2.75) is 18.4 Å². The molecule has 1 aliphatic rings. The van der Waals surface area contributed by atoms with Crippen molar-refractivity contribution in [2.24, 2.45) is 0 Å².